The zero-order chi connectivity index (χ0) is 16.9. The van der Waals surface area contributed by atoms with E-state index in [9.17, 15) is 4.79 Å². The van der Waals surface area contributed by atoms with Crippen LogP contribution in [0.5, 0.6) is 5.75 Å². The third kappa shape index (κ3) is 3.46. The van der Waals surface area contributed by atoms with Gasteiger partial charge in [-0.25, -0.2) is 0 Å². The lowest BCUT2D eigenvalue weighted by atomic mass is 10.1. The number of carbonyl (C=O) groups is 1. The summed E-state index contributed by atoms with van der Waals surface area (Å²) in [5.41, 5.74) is 2.30. The van der Waals surface area contributed by atoms with E-state index in [4.69, 9.17) is 4.74 Å². The van der Waals surface area contributed by atoms with Crippen molar-refractivity contribution < 1.29 is 9.53 Å². The first kappa shape index (κ1) is 15.8. The Balaban J connectivity index is 1.82. The van der Waals surface area contributed by atoms with Gasteiger partial charge < -0.3 is 10.1 Å². The Hall–Kier alpha value is -3.07. The smallest absolute Gasteiger partial charge is 0.251 e. The lowest BCUT2D eigenvalue weighted by Crippen LogP contribution is -2.13. The van der Waals surface area contributed by atoms with Crippen LogP contribution in [0.15, 0.2) is 72.3 Å². The van der Waals surface area contributed by atoms with Gasteiger partial charge in [-0.2, -0.15) is 0 Å². The molecule has 0 spiro atoms. The van der Waals surface area contributed by atoms with Crippen LogP contribution in [0.2, 0.25) is 0 Å². The molecule has 0 bridgehead atoms. The first-order valence-corrected chi connectivity index (χ1v) is 7.79. The Morgan fingerprint density at radius 2 is 1.67 bits per heavy atom. The number of para-hydroxylation sites is 2. The first-order valence-electron chi connectivity index (χ1n) is 7.79. The maximum absolute atomic E-state index is 12.4. The molecule has 0 saturated carbocycles. The number of nitrogens with one attached hydrogen (secondary N) is 1. The van der Waals surface area contributed by atoms with Crippen LogP contribution in [-0.2, 0) is 4.79 Å². The zero-order valence-corrected chi connectivity index (χ0v) is 13.7. The van der Waals surface area contributed by atoms with Crippen LogP contribution in [0, 0.1) is 0 Å². The SMILES string of the molecule is COc1ccccc1NC(=O)/C(C)=C\c1ccc2ccccc2c1. The molecule has 3 nitrogen and oxygen atoms in total. The number of hydrogen-bond donors (Lipinski definition) is 1. The molecule has 0 fully saturated rings. The number of anilines is 1. The van der Waals surface area contributed by atoms with Gasteiger partial charge in [-0.1, -0.05) is 48.5 Å². The molecule has 3 rings (SSSR count). The van der Waals surface area contributed by atoms with Crippen LogP contribution in [-0.4, -0.2) is 13.0 Å². The summed E-state index contributed by atoms with van der Waals surface area (Å²) in [6, 6.07) is 21.7. The highest BCUT2D eigenvalue weighted by Crippen LogP contribution is 2.24. The van der Waals surface area contributed by atoms with Crippen molar-refractivity contribution in [2.45, 2.75) is 6.92 Å². The normalized spacial score (nSPS) is 11.3. The molecule has 0 saturated heterocycles. The molecule has 3 heteroatoms. The number of methoxy groups -OCH3 is 1. The third-order valence-corrected chi connectivity index (χ3v) is 3.87. The molecular formula is C21H19NO2. The molecular weight excluding hydrogens is 298 g/mol. The summed E-state index contributed by atoms with van der Waals surface area (Å²) in [5.74, 6) is 0.497. The summed E-state index contributed by atoms with van der Waals surface area (Å²) in [6.07, 6.45) is 1.89. The summed E-state index contributed by atoms with van der Waals surface area (Å²) in [6.45, 7) is 1.81. The average Bonchev–Trinajstić information content (AvgIpc) is 2.62. The molecule has 3 aromatic rings. The van der Waals surface area contributed by atoms with Gasteiger partial charge in [-0.05, 0) is 47.5 Å². The van der Waals surface area contributed by atoms with Crippen molar-refractivity contribution in [2.75, 3.05) is 12.4 Å². The molecule has 0 heterocycles. The maximum Gasteiger partial charge on any atom is 0.251 e. The third-order valence-electron chi connectivity index (χ3n) is 3.87. The summed E-state index contributed by atoms with van der Waals surface area (Å²) in [4.78, 5) is 12.4. The second kappa shape index (κ2) is 7.01. The number of fused-ring (bicyclic) bond motifs is 1. The van der Waals surface area contributed by atoms with Gasteiger partial charge in [-0.15, -0.1) is 0 Å². The molecule has 0 radical (unpaired) electrons. The van der Waals surface area contributed by atoms with Crippen molar-refractivity contribution in [3.8, 4) is 5.75 Å². The quantitative estimate of drug-likeness (QED) is 0.696. The second-order valence-corrected chi connectivity index (χ2v) is 5.59. The van der Waals surface area contributed by atoms with E-state index in [0.717, 1.165) is 10.9 Å². The van der Waals surface area contributed by atoms with Crippen molar-refractivity contribution in [2.24, 2.45) is 0 Å². The van der Waals surface area contributed by atoms with Gasteiger partial charge in [0.25, 0.3) is 5.91 Å². The summed E-state index contributed by atoms with van der Waals surface area (Å²) < 4.78 is 5.26. The van der Waals surface area contributed by atoms with Crippen LogP contribution in [0.4, 0.5) is 5.69 Å². The highest BCUT2D eigenvalue weighted by Gasteiger charge is 2.08. The fraction of sp³-hybridized carbons (Fsp3) is 0.0952. The molecule has 0 unspecified atom stereocenters. The Morgan fingerprint density at radius 3 is 2.46 bits per heavy atom. The minimum absolute atomic E-state index is 0.146. The van der Waals surface area contributed by atoms with E-state index in [1.807, 2.05) is 48.5 Å². The second-order valence-electron chi connectivity index (χ2n) is 5.59. The number of benzene rings is 3. The fourth-order valence-corrected chi connectivity index (χ4v) is 2.58. The molecule has 1 amide bonds. The van der Waals surface area contributed by atoms with E-state index in [1.165, 1.54) is 5.39 Å². The summed E-state index contributed by atoms with van der Waals surface area (Å²) in [7, 11) is 1.59. The Morgan fingerprint density at radius 1 is 0.958 bits per heavy atom. The van der Waals surface area contributed by atoms with Crippen molar-refractivity contribution in [3.05, 3.63) is 77.9 Å². The van der Waals surface area contributed by atoms with Gasteiger partial charge in [0.2, 0.25) is 0 Å². The maximum atomic E-state index is 12.4. The predicted molar refractivity (Wildman–Crippen MR) is 99.2 cm³/mol. The largest absolute Gasteiger partial charge is 0.495 e. The molecule has 3 aromatic carbocycles. The summed E-state index contributed by atoms with van der Waals surface area (Å²) >= 11 is 0. The molecule has 0 aliphatic heterocycles. The fourth-order valence-electron chi connectivity index (χ4n) is 2.58. The number of carbonyl (C=O) groups excluding carboxylic acids is 1. The number of hydrogen-bond acceptors (Lipinski definition) is 2. The minimum Gasteiger partial charge on any atom is -0.495 e. The van der Waals surface area contributed by atoms with Crippen LogP contribution in [0.1, 0.15) is 12.5 Å². The summed E-state index contributed by atoms with van der Waals surface area (Å²) in [5, 5.41) is 5.23. The van der Waals surface area contributed by atoms with Gasteiger partial charge in [0, 0.05) is 5.57 Å². The molecule has 24 heavy (non-hydrogen) atoms. The average molecular weight is 317 g/mol. The zero-order valence-electron chi connectivity index (χ0n) is 13.7. The van der Waals surface area contributed by atoms with E-state index in [-0.39, 0.29) is 5.91 Å². The number of ether oxygens (including phenoxy) is 1. The van der Waals surface area contributed by atoms with E-state index < -0.39 is 0 Å². The van der Waals surface area contributed by atoms with Crippen LogP contribution in [0.25, 0.3) is 16.8 Å². The monoisotopic (exact) mass is 317 g/mol. The molecule has 0 aromatic heterocycles. The van der Waals surface area contributed by atoms with Crippen LogP contribution < -0.4 is 10.1 Å². The van der Waals surface area contributed by atoms with E-state index in [0.29, 0.717) is 17.0 Å². The molecule has 120 valence electrons. The number of rotatable bonds is 4. The molecule has 0 atom stereocenters. The topological polar surface area (TPSA) is 38.3 Å². The highest BCUT2D eigenvalue weighted by atomic mass is 16.5. The first-order chi connectivity index (χ1) is 11.7. The van der Waals surface area contributed by atoms with Gasteiger partial charge >= 0.3 is 0 Å². The van der Waals surface area contributed by atoms with E-state index in [2.05, 4.69) is 29.6 Å². The predicted octanol–water partition coefficient (Wildman–Crippen LogP) is 4.89. The standard InChI is InChI=1S/C21H19NO2/c1-15(21(23)22-19-9-5-6-10-20(19)24-2)13-16-11-12-17-7-3-4-8-18(17)14-16/h3-14H,1-2H3,(H,22,23)/b15-13-. The lowest BCUT2D eigenvalue weighted by Gasteiger charge is -2.10. The highest BCUT2D eigenvalue weighted by molar-refractivity contribution is 6.07. The Bertz CT molecular complexity index is 912. The van der Waals surface area contributed by atoms with Crippen LogP contribution >= 0.6 is 0 Å². The molecule has 0 aliphatic rings. The van der Waals surface area contributed by atoms with E-state index >= 15 is 0 Å². The van der Waals surface area contributed by atoms with E-state index in [1.54, 1.807) is 14.0 Å². The molecule has 0 aliphatic carbocycles. The minimum atomic E-state index is -0.146. The Labute approximate surface area is 141 Å². The van der Waals surface area contributed by atoms with Gasteiger partial charge in [0.1, 0.15) is 5.75 Å². The molecule has 1 N–H and O–H groups in total. The van der Waals surface area contributed by atoms with Crippen molar-refractivity contribution in [3.63, 3.8) is 0 Å². The Kier molecular flexibility index (Phi) is 4.62. The van der Waals surface area contributed by atoms with Gasteiger partial charge in [0.05, 0.1) is 12.8 Å². The van der Waals surface area contributed by atoms with Crippen molar-refractivity contribution in [1.29, 1.82) is 0 Å². The lowest BCUT2D eigenvalue weighted by molar-refractivity contribution is -0.112. The van der Waals surface area contributed by atoms with Crippen molar-refractivity contribution in [1.82, 2.24) is 0 Å². The van der Waals surface area contributed by atoms with Crippen molar-refractivity contribution >= 4 is 28.4 Å². The van der Waals surface area contributed by atoms with Gasteiger partial charge in [0.15, 0.2) is 0 Å². The van der Waals surface area contributed by atoms with Gasteiger partial charge in [-0.3, -0.25) is 4.79 Å². The van der Waals surface area contributed by atoms with Crippen LogP contribution in [0.3, 0.4) is 0 Å². The number of amides is 1.